The van der Waals surface area contributed by atoms with Crippen molar-refractivity contribution in [2.24, 2.45) is 0 Å². The number of nitrogens with zero attached hydrogens (tertiary/aromatic N) is 8. The first kappa shape index (κ1) is 47.4. The van der Waals surface area contributed by atoms with Crippen LogP contribution in [0.25, 0.3) is 0 Å². The highest BCUT2D eigenvalue weighted by Crippen LogP contribution is 2.23. The number of rotatable bonds is 12. The van der Waals surface area contributed by atoms with Gasteiger partial charge in [-0.25, -0.2) is 4.39 Å². The maximum absolute atomic E-state index is 12.4. The van der Waals surface area contributed by atoms with Gasteiger partial charge in [-0.05, 0) is 36.4 Å². The summed E-state index contributed by atoms with van der Waals surface area (Å²) in [5.74, 6) is 0.506. The minimum atomic E-state index is -0.724. The number of halogens is 1. The van der Waals surface area contributed by atoms with Gasteiger partial charge in [-0.3, -0.25) is 34.9 Å². The number of nitro groups is 2. The number of aliphatic hydroxyl groups is 1. The number of aliphatic hydroxyl groups excluding tert-OH is 1. The molecule has 19 nitrogen and oxygen atoms in total. The van der Waals surface area contributed by atoms with E-state index in [9.17, 15) is 24.6 Å². The predicted octanol–water partition coefficient (Wildman–Crippen LogP) is 2.95. The molecule has 0 amide bonds. The second-order valence-corrected chi connectivity index (χ2v) is 12.7. The summed E-state index contributed by atoms with van der Waals surface area (Å²) in [6.45, 7) is 14.1. The van der Waals surface area contributed by atoms with E-state index in [1.807, 2.05) is 12.1 Å². The van der Waals surface area contributed by atoms with E-state index >= 15 is 0 Å². The minimum absolute atomic E-state index is 0.0128. The van der Waals surface area contributed by atoms with Crippen LogP contribution in [0.15, 0.2) is 54.6 Å². The van der Waals surface area contributed by atoms with E-state index in [-0.39, 0.29) is 29.1 Å². The number of nitrogens with two attached hydrogens (primary N) is 1. The average molecular weight is 822 g/mol. The van der Waals surface area contributed by atoms with Gasteiger partial charge in [-0.2, -0.15) is 15.8 Å². The molecule has 3 fully saturated rings. The molecular formula is C39H48FN9O10. The van der Waals surface area contributed by atoms with Gasteiger partial charge in [0, 0.05) is 82.8 Å². The summed E-state index contributed by atoms with van der Waals surface area (Å²) in [5, 5.41) is 55.6. The largest absolute Gasteiger partial charge is 0.492 e. The highest BCUT2D eigenvalue weighted by atomic mass is 19.1. The molecule has 59 heavy (non-hydrogen) atoms. The first-order valence-corrected chi connectivity index (χ1v) is 18.7. The number of nitriles is 3. The summed E-state index contributed by atoms with van der Waals surface area (Å²) in [4.78, 5) is 26.4. The quantitative estimate of drug-likeness (QED) is 0.151. The third-order valence-electron chi connectivity index (χ3n) is 8.79. The van der Waals surface area contributed by atoms with Gasteiger partial charge in [0.1, 0.15) is 59.9 Å². The van der Waals surface area contributed by atoms with Gasteiger partial charge in [0.05, 0.1) is 61.7 Å². The zero-order chi connectivity index (χ0) is 42.8. The molecule has 0 saturated carbocycles. The van der Waals surface area contributed by atoms with Crippen molar-refractivity contribution in [2.75, 3.05) is 124 Å². The molecule has 3 aliphatic rings. The zero-order valence-electron chi connectivity index (χ0n) is 32.6. The molecule has 316 valence electrons. The molecule has 3 N–H and O–H groups in total. The Morgan fingerprint density at radius 2 is 1.03 bits per heavy atom. The van der Waals surface area contributed by atoms with E-state index in [1.165, 1.54) is 24.3 Å². The van der Waals surface area contributed by atoms with Crippen LogP contribution >= 0.6 is 0 Å². The van der Waals surface area contributed by atoms with Crippen molar-refractivity contribution < 1.29 is 43.0 Å². The van der Waals surface area contributed by atoms with Gasteiger partial charge < -0.3 is 34.5 Å². The molecular weight excluding hydrogens is 773 g/mol. The Morgan fingerprint density at radius 3 is 1.46 bits per heavy atom. The van der Waals surface area contributed by atoms with Gasteiger partial charge in [-0.15, -0.1) is 0 Å². The summed E-state index contributed by atoms with van der Waals surface area (Å²) in [6.07, 6.45) is 0. The van der Waals surface area contributed by atoms with E-state index in [4.69, 9.17) is 50.3 Å². The normalized spacial score (nSPS) is 15.4. The molecule has 0 radical (unpaired) electrons. The number of ether oxygens (including phenoxy) is 5. The molecule has 3 heterocycles. The smallest absolute Gasteiger partial charge is 0.287 e. The van der Waals surface area contributed by atoms with Crippen molar-refractivity contribution >= 4 is 17.1 Å². The number of benzene rings is 3. The van der Waals surface area contributed by atoms with E-state index in [2.05, 4.69) is 14.7 Å². The summed E-state index contributed by atoms with van der Waals surface area (Å²) in [7, 11) is 0. The Hall–Kier alpha value is -6.02. The molecule has 0 bridgehead atoms. The topological polar surface area (TPSA) is 260 Å². The highest BCUT2D eigenvalue weighted by molar-refractivity contribution is 5.56. The van der Waals surface area contributed by atoms with Crippen LogP contribution in [0, 0.1) is 60.0 Å². The number of anilines is 1. The van der Waals surface area contributed by atoms with Crippen LogP contribution in [-0.4, -0.2) is 148 Å². The van der Waals surface area contributed by atoms with Crippen LogP contribution < -0.4 is 15.2 Å². The fraction of sp³-hybridized carbons (Fsp3) is 0.462. The number of hydrogen-bond acceptors (Lipinski definition) is 17. The Balaban J connectivity index is 0.000000219. The third kappa shape index (κ3) is 17.6. The predicted molar refractivity (Wildman–Crippen MR) is 211 cm³/mol. The molecule has 3 aromatic rings. The van der Waals surface area contributed by atoms with Crippen molar-refractivity contribution in [1.29, 1.82) is 15.8 Å². The molecule has 3 aromatic carbocycles. The molecule has 0 aromatic heterocycles. The van der Waals surface area contributed by atoms with Crippen molar-refractivity contribution in [3.05, 3.63) is 97.3 Å². The second kappa shape index (κ2) is 26.8. The van der Waals surface area contributed by atoms with Crippen molar-refractivity contribution in [1.82, 2.24) is 14.7 Å². The molecule has 6 rings (SSSR count). The Morgan fingerprint density at radius 1 is 0.644 bits per heavy atom. The minimum Gasteiger partial charge on any atom is -0.492 e. The summed E-state index contributed by atoms with van der Waals surface area (Å²) in [5.41, 5.74) is 5.76. The molecule has 0 aliphatic carbocycles. The van der Waals surface area contributed by atoms with Crippen LogP contribution in [0.4, 0.5) is 21.5 Å². The van der Waals surface area contributed by atoms with Crippen LogP contribution in [-0.2, 0) is 14.2 Å². The van der Waals surface area contributed by atoms with Crippen molar-refractivity contribution in [3.63, 3.8) is 0 Å². The molecule has 20 heteroatoms. The van der Waals surface area contributed by atoms with Gasteiger partial charge in [-0.1, -0.05) is 0 Å². The Kier molecular flexibility index (Phi) is 21.5. The first-order chi connectivity index (χ1) is 28.6. The van der Waals surface area contributed by atoms with E-state index in [0.29, 0.717) is 36.0 Å². The van der Waals surface area contributed by atoms with E-state index < -0.39 is 15.7 Å². The van der Waals surface area contributed by atoms with Crippen molar-refractivity contribution in [2.45, 2.75) is 0 Å². The fourth-order valence-corrected chi connectivity index (χ4v) is 5.53. The number of nitro benzene ring substituents is 2. The van der Waals surface area contributed by atoms with Crippen molar-refractivity contribution in [3.8, 4) is 29.7 Å². The monoisotopic (exact) mass is 821 g/mol. The van der Waals surface area contributed by atoms with Crippen LogP contribution in [0.1, 0.15) is 16.7 Å². The SMILES string of the molecule is N#Cc1cc(F)ccc1[N+](=O)[O-].N#Cc1cc(OCCN2CCOCC2)ccc1N.N#Cc1cc(OCCN2CCOCC2)ccc1[N+](=O)[O-].OCCN1CCOCC1. The first-order valence-electron chi connectivity index (χ1n) is 18.7. The maximum atomic E-state index is 12.4. The lowest BCUT2D eigenvalue weighted by atomic mass is 10.2. The maximum Gasteiger partial charge on any atom is 0.287 e. The number of nitrogen functional groups attached to an aromatic ring is 1. The summed E-state index contributed by atoms with van der Waals surface area (Å²) >= 11 is 0. The number of β-amino-alcohol motifs (C(OH)–C–C–N with tert-alkyl or cyclic N) is 1. The highest BCUT2D eigenvalue weighted by Gasteiger charge is 2.16. The van der Waals surface area contributed by atoms with Gasteiger partial charge >= 0.3 is 0 Å². The molecule has 0 unspecified atom stereocenters. The number of morpholine rings is 3. The molecule has 3 saturated heterocycles. The zero-order valence-corrected chi connectivity index (χ0v) is 32.6. The van der Waals surface area contributed by atoms with Gasteiger partial charge in [0.15, 0.2) is 0 Å². The van der Waals surface area contributed by atoms with Crippen LogP contribution in [0.2, 0.25) is 0 Å². The lowest BCUT2D eigenvalue weighted by molar-refractivity contribution is -0.385. The second-order valence-electron chi connectivity index (χ2n) is 12.7. The standard InChI is InChI=1S/C13H15N3O4.C13H17N3O2.C7H3FN2O2.C6H13NO2/c14-10-11-9-12(1-2-13(11)16(17)18)20-8-5-15-3-6-19-7-4-15;14-10-11-9-12(1-2-13(11)15)18-8-5-16-3-6-17-7-4-16;8-6-1-2-7(10(11)12)5(3-6)4-9;8-4-1-7-2-5-9-6-3-7/h1-2,9H,3-8H2;1-2,9H,3-8,15H2;1-3H;8H,1-6H2. The summed E-state index contributed by atoms with van der Waals surface area (Å²) < 4.78 is 39.2. The lowest BCUT2D eigenvalue weighted by Gasteiger charge is -2.26. The summed E-state index contributed by atoms with van der Waals surface area (Å²) in [6, 6.07) is 17.5. The third-order valence-corrected chi connectivity index (χ3v) is 8.79. The van der Waals surface area contributed by atoms with E-state index in [1.54, 1.807) is 18.2 Å². The molecule has 0 spiro atoms. The van der Waals surface area contributed by atoms with Crippen LogP contribution in [0.5, 0.6) is 11.5 Å². The molecule has 0 atom stereocenters. The number of hydrogen-bond donors (Lipinski definition) is 2. The van der Waals surface area contributed by atoms with Gasteiger partial charge in [0.25, 0.3) is 11.4 Å². The Bertz CT molecular complexity index is 1900. The average Bonchev–Trinajstić information content (AvgIpc) is 3.26. The molecule has 3 aliphatic heterocycles. The lowest BCUT2D eigenvalue weighted by Crippen LogP contribution is -2.38. The fourth-order valence-electron chi connectivity index (χ4n) is 5.53. The van der Waals surface area contributed by atoms with Crippen LogP contribution in [0.3, 0.4) is 0 Å². The van der Waals surface area contributed by atoms with Gasteiger partial charge in [0.2, 0.25) is 0 Å². The Labute approximate surface area is 341 Å². The van der Waals surface area contributed by atoms with E-state index in [0.717, 1.165) is 117 Å².